The summed E-state index contributed by atoms with van der Waals surface area (Å²) in [6.07, 6.45) is 0. The number of benzene rings is 2. The van der Waals surface area contributed by atoms with Gasteiger partial charge in [0.2, 0.25) is 10.0 Å². The highest BCUT2D eigenvalue weighted by atomic mass is 35.5. The quantitative estimate of drug-likeness (QED) is 0.862. The molecule has 0 aliphatic rings. The molecule has 1 atom stereocenters. The van der Waals surface area contributed by atoms with Crippen LogP contribution >= 0.6 is 11.6 Å². The molecule has 0 radical (unpaired) electrons. The van der Waals surface area contributed by atoms with Crippen molar-refractivity contribution >= 4 is 21.6 Å². The van der Waals surface area contributed by atoms with E-state index in [2.05, 4.69) is 4.72 Å². The molecule has 0 bridgehead atoms. The van der Waals surface area contributed by atoms with Crippen LogP contribution in [0.1, 0.15) is 18.5 Å². The van der Waals surface area contributed by atoms with Crippen molar-refractivity contribution in [3.63, 3.8) is 0 Å². The van der Waals surface area contributed by atoms with Gasteiger partial charge in [-0.25, -0.2) is 13.1 Å². The van der Waals surface area contributed by atoms with Gasteiger partial charge in [-0.15, -0.1) is 0 Å². The van der Waals surface area contributed by atoms with E-state index in [1.807, 2.05) is 0 Å². The molecule has 0 saturated heterocycles. The number of sulfonamides is 1. The topological polar surface area (TPSA) is 64.6 Å². The van der Waals surface area contributed by atoms with Gasteiger partial charge in [0, 0.05) is 11.1 Å². The Morgan fingerprint density at radius 3 is 2.17 bits per heavy atom. The minimum Gasteiger partial charge on any atom is -0.493 e. The van der Waals surface area contributed by atoms with Crippen LogP contribution < -0.4 is 14.2 Å². The lowest BCUT2D eigenvalue weighted by atomic mass is 10.1. The van der Waals surface area contributed by atoms with E-state index in [9.17, 15) is 8.42 Å². The zero-order valence-electron chi connectivity index (χ0n) is 13.0. The van der Waals surface area contributed by atoms with E-state index in [4.69, 9.17) is 21.1 Å². The standard InChI is InChI=1S/C16H18ClNO4S/c1-11(12-4-9-15(21-2)16(10-12)22-3)18-23(19,20)14-7-5-13(17)6-8-14/h4-11,18H,1-3H3/t11-/m0/s1. The van der Waals surface area contributed by atoms with E-state index in [0.717, 1.165) is 5.56 Å². The van der Waals surface area contributed by atoms with Crippen molar-refractivity contribution in [3.05, 3.63) is 53.1 Å². The second-order valence-electron chi connectivity index (χ2n) is 4.91. The SMILES string of the molecule is COc1ccc([C@H](C)NS(=O)(=O)c2ccc(Cl)cc2)cc1OC. The predicted molar refractivity (Wildman–Crippen MR) is 89.7 cm³/mol. The van der Waals surface area contributed by atoms with Crippen LogP contribution in [-0.4, -0.2) is 22.6 Å². The summed E-state index contributed by atoms with van der Waals surface area (Å²) in [6, 6.07) is 10.8. The molecular weight excluding hydrogens is 338 g/mol. The largest absolute Gasteiger partial charge is 0.493 e. The fourth-order valence-corrected chi connectivity index (χ4v) is 3.46. The number of rotatable bonds is 6. The normalized spacial score (nSPS) is 12.7. The van der Waals surface area contributed by atoms with Crippen LogP contribution in [-0.2, 0) is 10.0 Å². The summed E-state index contributed by atoms with van der Waals surface area (Å²) < 4.78 is 37.8. The molecule has 0 heterocycles. The van der Waals surface area contributed by atoms with Gasteiger partial charge in [-0.05, 0) is 48.9 Å². The van der Waals surface area contributed by atoms with Gasteiger partial charge in [0.15, 0.2) is 11.5 Å². The van der Waals surface area contributed by atoms with E-state index in [1.165, 1.54) is 31.4 Å². The fourth-order valence-electron chi connectivity index (χ4n) is 2.10. The van der Waals surface area contributed by atoms with Crippen LogP contribution in [0.2, 0.25) is 5.02 Å². The first-order valence-electron chi connectivity index (χ1n) is 6.87. The molecule has 1 N–H and O–H groups in total. The third-order valence-corrected chi connectivity index (χ3v) is 5.17. The van der Waals surface area contributed by atoms with Gasteiger partial charge in [0.25, 0.3) is 0 Å². The van der Waals surface area contributed by atoms with Crippen LogP contribution in [0.4, 0.5) is 0 Å². The molecule has 0 aliphatic heterocycles. The summed E-state index contributed by atoms with van der Waals surface area (Å²) in [5.74, 6) is 1.13. The number of nitrogens with one attached hydrogen (secondary N) is 1. The first kappa shape index (κ1) is 17.6. The van der Waals surface area contributed by atoms with Crippen molar-refractivity contribution in [2.75, 3.05) is 14.2 Å². The molecule has 0 aromatic heterocycles. The molecule has 2 aromatic rings. The Balaban J connectivity index is 2.24. The molecule has 0 unspecified atom stereocenters. The van der Waals surface area contributed by atoms with Crippen molar-refractivity contribution in [1.29, 1.82) is 0 Å². The first-order chi connectivity index (χ1) is 10.9. The highest BCUT2D eigenvalue weighted by molar-refractivity contribution is 7.89. The number of methoxy groups -OCH3 is 2. The van der Waals surface area contributed by atoms with Gasteiger partial charge >= 0.3 is 0 Å². The third kappa shape index (κ3) is 4.16. The van der Waals surface area contributed by atoms with Gasteiger partial charge in [0.05, 0.1) is 19.1 Å². The Hall–Kier alpha value is -1.76. The summed E-state index contributed by atoms with van der Waals surface area (Å²) in [5, 5.41) is 0.483. The maximum absolute atomic E-state index is 12.4. The van der Waals surface area contributed by atoms with Gasteiger partial charge in [0.1, 0.15) is 0 Å². The zero-order valence-corrected chi connectivity index (χ0v) is 14.6. The number of hydrogen-bond donors (Lipinski definition) is 1. The Morgan fingerprint density at radius 2 is 1.61 bits per heavy atom. The van der Waals surface area contributed by atoms with Crippen LogP contribution in [0.3, 0.4) is 0 Å². The average Bonchev–Trinajstić information content (AvgIpc) is 2.54. The van der Waals surface area contributed by atoms with E-state index < -0.39 is 16.1 Å². The third-order valence-electron chi connectivity index (χ3n) is 3.36. The lowest BCUT2D eigenvalue weighted by molar-refractivity contribution is 0.354. The van der Waals surface area contributed by atoms with Gasteiger partial charge in [-0.1, -0.05) is 17.7 Å². The van der Waals surface area contributed by atoms with Crippen molar-refractivity contribution in [3.8, 4) is 11.5 Å². The maximum atomic E-state index is 12.4. The number of halogens is 1. The second-order valence-corrected chi connectivity index (χ2v) is 7.06. The van der Waals surface area contributed by atoms with Crippen LogP contribution in [0.5, 0.6) is 11.5 Å². The molecule has 124 valence electrons. The molecule has 5 nitrogen and oxygen atoms in total. The molecular formula is C16H18ClNO4S. The van der Waals surface area contributed by atoms with E-state index >= 15 is 0 Å². The van der Waals surface area contributed by atoms with E-state index in [0.29, 0.717) is 16.5 Å². The summed E-state index contributed by atoms with van der Waals surface area (Å²) in [5.41, 5.74) is 0.764. The monoisotopic (exact) mass is 355 g/mol. The van der Waals surface area contributed by atoms with Gasteiger partial charge in [-0.2, -0.15) is 0 Å². The molecule has 0 saturated carbocycles. The molecule has 0 aliphatic carbocycles. The van der Waals surface area contributed by atoms with Gasteiger partial charge in [-0.3, -0.25) is 0 Å². The van der Waals surface area contributed by atoms with Crippen LogP contribution in [0.15, 0.2) is 47.4 Å². The summed E-state index contributed by atoms with van der Waals surface area (Å²) >= 11 is 5.78. The summed E-state index contributed by atoms with van der Waals surface area (Å²) in [4.78, 5) is 0.161. The highest BCUT2D eigenvalue weighted by Crippen LogP contribution is 2.30. The predicted octanol–water partition coefficient (Wildman–Crippen LogP) is 3.40. The smallest absolute Gasteiger partial charge is 0.241 e. The van der Waals surface area contributed by atoms with Crippen molar-refractivity contribution in [2.24, 2.45) is 0 Å². The molecule has 0 fully saturated rings. The van der Waals surface area contributed by atoms with Gasteiger partial charge < -0.3 is 9.47 Å². The number of hydrogen-bond acceptors (Lipinski definition) is 4. The van der Waals surface area contributed by atoms with Crippen LogP contribution in [0.25, 0.3) is 0 Å². The van der Waals surface area contributed by atoms with Crippen molar-refractivity contribution < 1.29 is 17.9 Å². The summed E-state index contributed by atoms with van der Waals surface area (Å²) in [7, 11) is -0.563. The Kier molecular flexibility index (Phi) is 5.51. The van der Waals surface area contributed by atoms with E-state index in [1.54, 1.807) is 32.2 Å². The number of ether oxygens (including phenoxy) is 2. The molecule has 2 aromatic carbocycles. The minimum atomic E-state index is -3.64. The zero-order chi connectivity index (χ0) is 17.0. The second kappa shape index (κ2) is 7.21. The van der Waals surface area contributed by atoms with E-state index in [-0.39, 0.29) is 4.90 Å². The lowest BCUT2D eigenvalue weighted by Gasteiger charge is -2.16. The molecule has 0 spiro atoms. The maximum Gasteiger partial charge on any atom is 0.241 e. The Morgan fingerprint density at radius 1 is 1.00 bits per heavy atom. The van der Waals surface area contributed by atoms with Crippen molar-refractivity contribution in [1.82, 2.24) is 4.72 Å². The van der Waals surface area contributed by atoms with Crippen molar-refractivity contribution in [2.45, 2.75) is 17.9 Å². The minimum absolute atomic E-state index is 0.161. The first-order valence-corrected chi connectivity index (χ1v) is 8.73. The molecule has 2 rings (SSSR count). The van der Waals surface area contributed by atoms with Crippen LogP contribution in [0, 0.1) is 0 Å². The highest BCUT2D eigenvalue weighted by Gasteiger charge is 2.19. The lowest BCUT2D eigenvalue weighted by Crippen LogP contribution is -2.26. The molecule has 23 heavy (non-hydrogen) atoms. The Labute approximate surface area is 141 Å². The summed E-state index contributed by atoms with van der Waals surface area (Å²) in [6.45, 7) is 1.76. The Bertz CT molecular complexity index is 775. The average molecular weight is 356 g/mol. The molecule has 7 heteroatoms. The molecule has 0 amide bonds. The fraction of sp³-hybridized carbons (Fsp3) is 0.250.